The maximum Gasteiger partial charge on any atom is 0.0329 e. The van der Waals surface area contributed by atoms with Crippen LogP contribution in [0.25, 0.3) is 0 Å². The fraction of sp³-hybridized carbons (Fsp3) is 1.00. The summed E-state index contributed by atoms with van der Waals surface area (Å²) in [5.74, 6) is 0.825. The molecule has 1 atom stereocenters. The molecule has 2 rings (SSSR count). The van der Waals surface area contributed by atoms with E-state index in [1.54, 1.807) is 0 Å². The first-order valence-electron chi connectivity index (χ1n) is 9.10. The van der Waals surface area contributed by atoms with Crippen LogP contribution in [0.2, 0.25) is 0 Å². The maximum atomic E-state index is 4.01. The summed E-state index contributed by atoms with van der Waals surface area (Å²) in [6.07, 6.45) is 11.0. The molecule has 2 nitrogen and oxygen atoms in total. The van der Waals surface area contributed by atoms with Gasteiger partial charge in [0.2, 0.25) is 0 Å². The third-order valence-corrected chi connectivity index (χ3v) is 6.31. The zero-order valence-corrected chi connectivity index (χ0v) is 14.3. The molecule has 1 saturated heterocycles. The van der Waals surface area contributed by atoms with Crippen LogP contribution < -0.4 is 5.32 Å². The smallest absolute Gasteiger partial charge is 0.0329 e. The summed E-state index contributed by atoms with van der Waals surface area (Å²) in [5, 5.41) is 4.01. The van der Waals surface area contributed by atoms with Gasteiger partial charge in [0.05, 0.1) is 0 Å². The summed E-state index contributed by atoms with van der Waals surface area (Å²) in [7, 11) is 0. The first-order chi connectivity index (χ1) is 9.60. The van der Waals surface area contributed by atoms with Crippen molar-refractivity contribution in [1.29, 1.82) is 0 Å². The molecule has 2 fully saturated rings. The van der Waals surface area contributed by atoms with Crippen LogP contribution in [0.15, 0.2) is 0 Å². The standard InChI is InChI=1S/C18H36N2/c1-5-16(4)13-20-15-17(11-9-8-10-12-17)19-14-18(20,6-2)7-3/h16,19H,5-15H2,1-4H3. The predicted octanol–water partition coefficient (Wildman–Crippen LogP) is 4.20. The number of rotatable bonds is 5. The normalized spacial score (nSPS) is 27.6. The molecule has 1 aliphatic heterocycles. The third-order valence-electron chi connectivity index (χ3n) is 6.31. The number of hydrogen-bond donors (Lipinski definition) is 1. The summed E-state index contributed by atoms with van der Waals surface area (Å²) in [6, 6.07) is 0. The molecule has 1 N–H and O–H groups in total. The Morgan fingerprint density at radius 1 is 1.05 bits per heavy atom. The van der Waals surface area contributed by atoms with E-state index in [9.17, 15) is 0 Å². The van der Waals surface area contributed by atoms with Crippen LogP contribution >= 0.6 is 0 Å². The number of piperazine rings is 1. The number of hydrogen-bond acceptors (Lipinski definition) is 2. The summed E-state index contributed by atoms with van der Waals surface area (Å²) in [5.41, 5.74) is 0.853. The van der Waals surface area contributed by atoms with Crippen molar-refractivity contribution in [2.24, 2.45) is 5.92 Å². The van der Waals surface area contributed by atoms with E-state index >= 15 is 0 Å². The molecule has 1 spiro atoms. The van der Waals surface area contributed by atoms with Gasteiger partial charge < -0.3 is 5.32 Å². The van der Waals surface area contributed by atoms with Gasteiger partial charge in [0.25, 0.3) is 0 Å². The molecule has 1 saturated carbocycles. The van der Waals surface area contributed by atoms with Gasteiger partial charge in [-0.1, -0.05) is 53.4 Å². The van der Waals surface area contributed by atoms with E-state index in [4.69, 9.17) is 0 Å². The Bertz CT molecular complexity index is 290. The van der Waals surface area contributed by atoms with Gasteiger partial charge in [-0.15, -0.1) is 0 Å². The molecule has 1 aliphatic carbocycles. The van der Waals surface area contributed by atoms with E-state index in [1.807, 2.05) is 0 Å². The largest absolute Gasteiger partial charge is 0.308 e. The molecular formula is C18H36N2. The summed E-state index contributed by atoms with van der Waals surface area (Å²) in [6.45, 7) is 13.3. The monoisotopic (exact) mass is 280 g/mol. The van der Waals surface area contributed by atoms with Crippen LogP contribution in [0.3, 0.4) is 0 Å². The van der Waals surface area contributed by atoms with Crippen molar-refractivity contribution >= 4 is 0 Å². The molecule has 1 heterocycles. The molecule has 2 heteroatoms. The van der Waals surface area contributed by atoms with Gasteiger partial charge in [-0.2, -0.15) is 0 Å². The third kappa shape index (κ3) is 3.22. The molecular weight excluding hydrogens is 244 g/mol. The Kier molecular flexibility index (Phi) is 5.53. The average molecular weight is 280 g/mol. The molecule has 0 aromatic carbocycles. The highest BCUT2D eigenvalue weighted by molar-refractivity contribution is 5.05. The van der Waals surface area contributed by atoms with Gasteiger partial charge in [-0.05, 0) is 31.6 Å². The fourth-order valence-electron chi connectivity index (χ4n) is 4.33. The molecule has 0 radical (unpaired) electrons. The van der Waals surface area contributed by atoms with Crippen LogP contribution in [-0.2, 0) is 0 Å². The zero-order valence-electron chi connectivity index (χ0n) is 14.3. The van der Waals surface area contributed by atoms with E-state index in [0.29, 0.717) is 11.1 Å². The van der Waals surface area contributed by atoms with Gasteiger partial charge >= 0.3 is 0 Å². The Morgan fingerprint density at radius 2 is 1.70 bits per heavy atom. The summed E-state index contributed by atoms with van der Waals surface area (Å²) in [4.78, 5) is 2.88. The zero-order chi connectivity index (χ0) is 14.6. The van der Waals surface area contributed by atoms with Gasteiger partial charge in [0.15, 0.2) is 0 Å². The molecule has 0 amide bonds. The lowest BCUT2D eigenvalue weighted by Gasteiger charge is -2.56. The Labute approximate surface area is 126 Å². The first kappa shape index (κ1) is 16.3. The van der Waals surface area contributed by atoms with Crippen molar-refractivity contribution < 1.29 is 0 Å². The van der Waals surface area contributed by atoms with Crippen molar-refractivity contribution in [2.75, 3.05) is 19.6 Å². The lowest BCUT2D eigenvalue weighted by atomic mass is 9.75. The highest BCUT2D eigenvalue weighted by Crippen LogP contribution is 2.37. The minimum absolute atomic E-state index is 0.409. The Balaban J connectivity index is 2.13. The van der Waals surface area contributed by atoms with Gasteiger partial charge in [-0.25, -0.2) is 0 Å². The van der Waals surface area contributed by atoms with Crippen molar-refractivity contribution in [3.8, 4) is 0 Å². The summed E-state index contributed by atoms with van der Waals surface area (Å²) < 4.78 is 0. The molecule has 118 valence electrons. The molecule has 0 aromatic rings. The Morgan fingerprint density at radius 3 is 2.25 bits per heavy atom. The SMILES string of the molecule is CCC(C)CN1CC2(CCCCC2)NCC1(CC)CC. The predicted molar refractivity (Wildman–Crippen MR) is 88.2 cm³/mol. The van der Waals surface area contributed by atoms with Crippen molar-refractivity contribution in [2.45, 2.75) is 90.1 Å². The second-order valence-electron chi connectivity index (χ2n) is 7.52. The molecule has 20 heavy (non-hydrogen) atoms. The van der Waals surface area contributed by atoms with Gasteiger partial charge in [0, 0.05) is 30.7 Å². The quantitative estimate of drug-likeness (QED) is 0.812. The number of nitrogens with zero attached hydrogens (tertiary/aromatic N) is 1. The second kappa shape index (κ2) is 6.79. The van der Waals surface area contributed by atoms with E-state index in [2.05, 4.69) is 37.9 Å². The first-order valence-corrected chi connectivity index (χ1v) is 9.10. The van der Waals surface area contributed by atoms with Crippen molar-refractivity contribution in [3.63, 3.8) is 0 Å². The van der Waals surface area contributed by atoms with Gasteiger partial charge in [0.1, 0.15) is 0 Å². The highest BCUT2D eigenvalue weighted by Gasteiger charge is 2.45. The highest BCUT2D eigenvalue weighted by atomic mass is 15.3. The van der Waals surface area contributed by atoms with Crippen LogP contribution in [0.1, 0.15) is 79.1 Å². The van der Waals surface area contributed by atoms with Crippen molar-refractivity contribution in [1.82, 2.24) is 10.2 Å². The lowest BCUT2D eigenvalue weighted by molar-refractivity contribution is -0.0224. The maximum absolute atomic E-state index is 4.01. The lowest BCUT2D eigenvalue weighted by Crippen LogP contribution is -2.70. The molecule has 2 aliphatic rings. The van der Waals surface area contributed by atoms with Crippen molar-refractivity contribution in [3.05, 3.63) is 0 Å². The fourth-order valence-corrected chi connectivity index (χ4v) is 4.33. The van der Waals surface area contributed by atoms with E-state index in [-0.39, 0.29) is 0 Å². The van der Waals surface area contributed by atoms with Crippen LogP contribution in [0.5, 0.6) is 0 Å². The van der Waals surface area contributed by atoms with Crippen LogP contribution in [0, 0.1) is 5.92 Å². The number of nitrogens with one attached hydrogen (secondary N) is 1. The van der Waals surface area contributed by atoms with Crippen LogP contribution in [0.4, 0.5) is 0 Å². The van der Waals surface area contributed by atoms with E-state index in [0.717, 1.165) is 5.92 Å². The van der Waals surface area contributed by atoms with Gasteiger partial charge in [-0.3, -0.25) is 4.90 Å². The minimum Gasteiger partial charge on any atom is -0.308 e. The van der Waals surface area contributed by atoms with E-state index < -0.39 is 0 Å². The minimum atomic E-state index is 0.409. The van der Waals surface area contributed by atoms with E-state index in [1.165, 1.54) is 71.0 Å². The summed E-state index contributed by atoms with van der Waals surface area (Å²) >= 11 is 0. The molecule has 1 unspecified atom stereocenters. The second-order valence-corrected chi connectivity index (χ2v) is 7.52. The molecule has 0 aromatic heterocycles. The molecule has 0 bridgehead atoms. The van der Waals surface area contributed by atoms with Crippen LogP contribution in [-0.4, -0.2) is 35.6 Å². The Hall–Kier alpha value is -0.0800. The topological polar surface area (TPSA) is 15.3 Å². The average Bonchev–Trinajstić information content (AvgIpc) is 2.49.